The fourth-order valence-corrected chi connectivity index (χ4v) is 20.0. The normalized spacial score (nSPS) is 43.9. The van der Waals surface area contributed by atoms with E-state index in [2.05, 4.69) is 0 Å². The van der Waals surface area contributed by atoms with Crippen molar-refractivity contribution in [2.24, 2.45) is 0 Å². The van der Waals surface area contributed by atoms with Crippen molar-refractivity contribution >= 4 is 82.3 Å². The van der Waals surface area contributed by atoms with Crippen molar-refractivity contribution in [1.29, 1.82) is 0 Å². The van der Waals surface area contributed by atoms with Crippen LogP contribution < -0.4 is 0 Å². The minimum absolute atomic E-state index is 0.207. The number of aliphatic hydroxyl groups excluding tert-OH is 28. The maximum Gasteiger partial charge on any atom is 0.187 e. The molecule has 0 aromatic carbocycles. The summed E-state index contributed by atoms with van der Waals surface area (Å²) in [6, 6.07) is 0. The number of ether oxygens (including phenoxy) is 14. The molecule has 21 heterocycles. The van der Waals surface area contributed by atoms with Gasteiger partial charge in [0.1, 0.15) is 128 Å². The van der Waals surface area contributed by atoms with Gasteiger partial charge in [-0.1, -0.05) is 0 Å². The summed E-state index contributed by atoms with van der Waals surface area (Å²) in [5.74, 6) is -3.81. The van der Waals surface area contributed by atoms with Gasteiger partial charge in [-0.2, -0.15) is 82.3 Å². The van der Waals surface area contributed by atoms with Crippen LogP contribution in [0.3, 0.4) is 0 Å². The quantitative estimate of drug-likeness (QED) is 0.0280. The molecular formula is C63H112O42S7. The Morgan fingerprint density at radius 1 is 0.170 bits per heavy atom. The molecule has 21 aliphatic heterocycles. The number of aliphatic hydroxyl groups is 28. The SMILES string of the molecule is OCC(O)CSC[C@H]1O[C@@H]2O[C@H]3[C@H](O)[C@@H](O)[C@@H](O[C@H]4[C@H](O)[C@@H](O)[C@@H](O[C@H]5[C@H](O)[C@@H](O)[C@@H](O[C@H]6[C@H](O)[C@@H](O)[C@@H](O[C@H]7[C@H](O)[C@@H](O)[C@@H](O[C@H]8[C@H](O)C(O)[C@@H](O[C@H]1[C@H](O)[C@H]2O)O[C@@H]8CSCC(O)CO)O[C@@H]7CSCC(O)CO)O[C@@H]6CSCC(O)CO)O[C@@H]5CSCC(O)CO)O[C@@H]4CSCC(O)CO)O[C@@H]3CSCC(O)CO. The molecule has 0 aliphatic carbocycles. The van der Waals surface area contributed by atoms with Gasteiger partial charge in [0.15, 0.2) is 44.0 Å². The van der Waals surface area contributed by atoms with E-state index < -0.39 is 304 Å². The molecule has 49 heteroatoms. The number of hydrogen-bond donors (Lipinski definition) is 28. The van der Waals surface area contributed by atoms with Crippen LogP contribution >= 0.6 is 82.3 Å². The summed E-state index contributed by atoms with van der Waals surface area (Å²) in [4.78, 5) is 0. The molecule has 0 saturated carbocycles. The zero-order valence-corrected chi connectivity index (χ0v) is 65.9. The van der Waals surface area contributed by atoms with Gasteiger partial charge in [-0.25, -0.2) is 0 Å². The van der Waals surface area contributed by atoms with E-state index in [1.165, 1.54) is 0 Å². The summed E-state index contributed by atoms with van der Waals surface area (Å²) < 4.78 is 87.8. The zero-order chi connectivity index (χ0) is 81.9. The molecule has 112 heavy (non-hydrogen) atoms. The first-order chi connectivity index (χ1) is 53.4. The molecule has 21 saturated heterocycles. The monoisotopic (exact) mass is 1760 g/mol. The highest BCUT2D eigenvalue weighted by molar-refractivity contribution is 8.00. The topological polar surface area (TPSA) is 696 Å². The molecule has 21 rings (SSSR count). The fourth-order valence-electron chi connectivity index (χ4n) is 12.9. The van der Waals surface area contributed by atoms with Crippen LogP contribution in [0.25, 0.3) is 0 Å². The fraction of sp³-hybridized carbons (Fsp3) is 1.00. The van der Waals surface area contributed by atoms with Crippen molar-refractivity contribution < 1.29 is 209 Å². The third-order valence-electron chi connectivity index (χ3n) is 19.1. The second-order valence-corrected chi connectivity index (χ2v) is 35.5. The van der Waals surface area contributed by atoms with Gasteiger partial charge in [-0.3, -0.25) is 0 Å². The molecule has 21 fully saturated rings. The lowest BCUT2D eigenvalue weighted by atomic mass is 9.95. The van der Waals surface area contributed by atoms with Crippen molar-refractivity contribution in [3.05, 3.63) is 0 Å². The first-order valence-electron chi connectivity index (χ1n) is 36.2. The first kappa shape index (κ1) is 98.2. The van der Waals surface area contributed by atoms with Crippen LogP contribution in [0.4, 0.5) is 0 Å². The van der Waals surface area contributed by atoms with Crippen LogP contribution in [-0.2, 0) is 66.3 Å². The lowest BCUT2D eigenvalue weighted by molar-refractivity contribution is -0.389. The van der Waals surface area contributed by atoms with Gasteiger partial charge in [0.25, 0.3) is 0 Å². The molecule has 0 aromatic rings. The predicted molar refractivity (Wildman–Crippen MR) is 392 cm³/mol. The number of thioether (sulfide) groups is 7. The molecule has 14 bridgehead atoms. The van der Waals surface area contributed by atoms with Crippen LogP contribution in [0, 0.1) is 0 Å². The minimum Gasteiger partial charge on any atom is -0.394 e. The Labute approximate surface area is 672 Å². The van der Waals surface area contributed by atoms with E-state index in [1.807, 2.05) is 0 Å². The number of rotatable bonds is 35. The second kappa shape index (κ2) is 48.1. The smallest absolute Gasteiger partial charge is 0.187 e. The van der Waals surface area contributed by atoms with E-state index in [9.17, 15) is 143 Å². The third-order valence-corrected chi connectivity index (χ3v) is 27.4. The molecular weight excluding hydrogens is 1650 g/mol. The van der Waals surface area contributed by atoms with E-state index in [0.29, 0.717) is 0 Å². The first-order valence-corrected chi connectivity index (χ1v) is 44.3. The summed E-state index contributed by atoms with van der Waals surface area (Å²) in [6.07, 6.45) is -78.9. The van der Waals surface area contributed by atoms with Gasteiger partial charge in [0.2, 0.25) is 0 Å². The van der Waals surface area contributed by atoms with Crippen LogP contribution in [0.15, 0.2) is 0 Å². The van der Waals surface area contributed by atoms with Crippen LogP contribution in [0.5, 0.6) is 0 Å². The van der Waals surface area contributed by atoms with Crippen molar-refractivity contribution in [3.63, 3.8) is 0 Å². The molecule has 0 radical (unpaired) electrons. The minimum atomic E-state index is -2.26. The van der Waals surface area contributed by atoms with Crippen molar-refractivity contribution in [3.8, 4) is 0 Å². The molecule has 42 atom stereocenters. The van der Waals surface area contributed by atoms with Gasteiger partial charge < -0.3 is 209 Å². The van der Waals surface area contributed by atoms with Gasteiger partial charge >= 0.3 is 0 Å². The Balaban J connectivity index is 1.22. The Kier molecular flexibility index (Phi) is 42.2. The van der Waals surface area contributed by atoms with Crippen LogP contribution in [0.1, 0.15) is 0 Å². The third kappa shape index (κ3) is 26.4. The lowest BCUT2D eigenvalue weighted by Gasteiger charge is -2.50. The highest BCUT2D eigenvalue weighted by atomic mass is 32.2. The summed E-state index contributed by atoms with van der Waals surface area (Å²) in [5.41, 5.74) is 0. The largest absolute Gasteiger partial charge is 0.394 e. The Morgan fingerprint density at radius 2 is 0.277 bits per heavy atom. The Bertz CT molecular complexity index is 2150. The van der Waals surface area contributed by atoms with Crippen molar-refractivity contribution in [1.82, 2.24) is 0 Å². The summed E-state index contributed by atoms with van der Waals surface area (Å²) in [7, 11) is 0. The van der Waals surface area contributed by atoms with Gasteiger partial charge in [-0.05, 0) is 0 Å². The summed E-state index contributed by atoms with van der Waals surface area (Å²) in [6.45, 7) is -5.04. The summed E-state index contributed by atoms with van der Waals surface area (Å²) in [5, 5.41) is 311. The van der Waals surface area contributed by atoms with E-state index in [-0.39, 0.29) is 80.5 Å². The van der Waals surface area contributed by atoms with Gasteiger partial charge in [0, 0.05) is 80.5 Å². The maximum absolute atomic E-state index is 12.2. The van der Waals surface area contributed by atoms with Crippen molar-refractivity contribution in [2.45, 2.75) is 258 Å². The average molecular weight is 1770 g/mol. The van der Waals surface area contributed by atoms with E-state index >= 15 is 0 Å². The van der Waals surface area contributed by atoms with Crippen molar-refractivity contribution in [2.75, 3.05) is 127 Å². The molecule has 658 valence electrons. The molecule has 28 N–H and O–H groups in total. The maximum atomic E-state index is 12.2. The predicted octanol–water partition coefficient (Wildman–Crippen LogP) is -14.6. The highest BCUT2D eigenvalue weighted by Gasteiger charge is 2.60. The van der Waals surface area contributed by atoms with Gasteiger partial charge in [0.05, 0.1) is 132 Å². The van der Waals surface area contributed by atoms with Crippen LogP contribution in [0.2, 0.25) is 0 Å². The molecule has 0 amide bonds. The molecule has 21 aliphatic rings. The number of hydrogen-bond acceptors (Lipinski definition) is 49. The zero-order valence-electron chi connectivity index (χ0n) is 60.2. The Hall–Kier alpha value is 0.770. The van der Waals surface area contributed by atoms with E-state index in [0.717, 1.165) is 82.3 Å². The highest BCUT2D eigenvalue weighted by Crippen LogP contribution is 2.42. The van der Waals surface area contributed by atoms with E-state index in [4.69, 9.17) is 66.3 Å². The molecule has 8 unspecified atom stereocenters. The van der Waals surface area contributed by atoms with Crippen LogP contribution in [-0.4, -0.2) is 527 Å². The second-order valence-electron chi connectivity index (χ2n) is 28.0. The molecule has 0 spiro atoms. The standard InChI is InChI=1S/C63H112O42S7/c64-1-22(71)8-106-15-29-50-36(78)43(85)57(92-29)100-51-30(16-107-9-23(72)2-65)94-59(45(87)38(51)80)102-53-32(18-109-11-25(74)4-67)96-61(47(89)40(53)82)104-55-34(20-111-13-27(76)6-69)98-63(49(91)42(55)84)105-56-35(21-112-14-28(77)7-70)97-62(48(90)41(56)83)103-54-33(19-110-12-26(75)5-68)95-60(46(88)39(54)81)101-52-31(17-108-10-24(73)3-66)93-58(99-50)44(86)37(52)79/h22-91H,1-21H2/t22?,23?,24?,25?,26?,27?,28?,29-,30-,31-,32-,33-,34-,35-,36-,37-,38-,39-,40-,41-,42-,43-,44-,45-,46-,47-,48-,49?,50-,51-,52-,53-,54-,55-,56-,57-,58-,59-,60-,61-,62-,63-/m1/s1. The molecule has 42 nitrogen and oxygen atoms in total. The van der Waals surface area contributed by atoms with Gasteiger partial charge in [-0.15, -0.1) is 0 Å². The summed E-state index contributed by atoms with van der Waals surface area (Å²) >= 11 is 6.28. The Morgan fingerprint density at radius 3 is 0.375 bits per heavy atom. The molecule has 0 aromatic heterocycles. The average Bonchev–Trinajstić information content (AvgIpc) is 0.778. The van der Waals surface area contributed by atoms with E-state index in [1.54, 1.807) is 0 Å². The lowest BCUT2D eigenvalue weighted by Crippen LogP contribution is -2.68.